The normalized spacial score (nSPS) is 10.2. The maximum absolute atomic E-state index is 11.4. The van der Waals surface area contributed by atoms with E-state index in [1.807, 2.05) is 6.07 Å². The minimum absolute atomic E-state index is 0.259. The lowest BCUT2D eigenvalue weighted by atomic mass is 10.2. The molecule has 0 radical (unpaired) electrons. The van der Waals surface area contributed by atoms with Crippen LogP contribution in [0.2, 0.25) is 0 Å². The number of aromatic carboxylic acids is 1. The Labute approximate surface area is 139 Å². The molecular weight excluding hydrogens is 403 g/mol. The lowest BCUT2D eigenvalue weighted by Crippen LogP contribution is -2.01. The second-order valence-corrected chi connectivity index (χ2v) is 6.35. The summed E-state index contributed by atoms with van der Waals surface area (Å²) < 4.78 is 5.61. The fourth-order valence-corrected chi connectivity index (χ4v) is 3.29. The Morgan fingerprint density at radius 2 is 1.71 bits per heavy atom. The van der Waals surface area contributed by atoms with Crippen LogP contribution in [-0.2, 0) is 4.74 Å². The molecule has 0 unspecified atom stereocenters. The van der Waals surface area contributed by atoms with Crippen LogP contribution in [0.1, 0.15) is 20.7 Å². The Morgan fingerprint density at radius 1 is 1.10 bits per heavy atom. The van der Waals surface area contributed by atoms with Crippen LogP contribution in [0.5, 0.6) is 0 Å². The van der Waals surface area contributed by atoms with Crippen LogP contribution in [0, 0.1) is 3.57 Å². The van der Waals surface area contributed by atoms with Gasteiger partial charge in [0.1, 0.15) is 0 Å². The number of halogens is 1. The van der Waals surface area contributed by atoms with Gasteiger partial charge in [0, 0.05) is 13.4 Å². The summed E-state index contributed by atoms with van der Waals surface area (Å²) in [5.41, 5.74) is 0.766. The van der Waals surface area contributed by atoms with Gasteiger partial charge in [-0.25, -0.2) is 9.59 Å². The van der Waals surface area contributed by atoms with Gasteiger partial charge in [-0.15, -0.1) is 0 Å². The van der Waals surface area contributed by atoms with Crippen LogP contribution in [0.15, 0.2) is 52.3 Å². The third-order valence-corrected chi connectivity index (χ3v) is 5.02. The Hall–Kier alpha value is -1.54. The molecule has 2 aromatic carbocycles. The molecule has 0 heterocycles. The molecule has 0 aliphatic rings. The zero-order valence-electron chi connectivity index (χ0n) is 11.0. The second kappa shape index (κ2) is 6.95. The fraction of sp³-hybridized carbons (Fsp3) is 0.0667. The van der Waals surface area contributed by atoms with E-state index >= 15 is 0 Å². The van der Waals surface area contributed by atoms with E-state index in [4.69, 9.17) is 5.11 Å². The number of rotatable bonds is 4. The van der Waals surface area contributed by atoms with Crippen molar-refractivity contribution in [3.8, 4) is 0 Å². The SMILES string of the molecule is COC(=O)c1ccc(Sc2ccc(C(=O)O)cc2)c(I)c1. The number of carboxylic acid groups (broad SMARTS) is 1. The first-order valence-corrected chi connectivity index (χ1v) is 7.80. The highest BCUT2D eigenvalue weighted by molar-refractivity contribution is 14.1. The molecule has 0 aromatic heterocycles. The van der Waals surface area contributed by atoms with Crippen molar-refractivity contribution in [1.82, 2.24) is 0 Å². The molecule has 0 bridgehead atoms. The van der Waals surface area contributed by atoms with Crippen LogP contribution in [0.25, 0.3) is 0 Å². The number of carboxylic acids is 1. The average molecular weight is 414 g/mol. The van der Waals surface area contributed by atoms with Crippen molar-refractivity contribution in [2.75, 3.05) is 7.11 Å². The molecule has 0 aliphatic heterocycles. The van der Waals surface area contributed by atoms with Gasteiger partial charge in [-0.1, -0.05) is 11.8 Å². The number of hydrogen-bond acceptors (Lipinski definition) is 4. The number of benzene rings is 2. The molecule has 4 nitrogen and oxygen atoms in total. The van der Waals surface area contributed by atoms with Gasteiger partial charge < -0.3 is 9.84 Å². The molecule has 0 spiro atoms. The Balaban J connectivity index is 2.19. The van der Waals surface area contributed by atoms with Gasteiger partial charge >= 0.3 is 11.9 Å². The first kappa shape index (κ1) is 15.8. The average Bonchev–Trinajstić information content (AvgIpc) is 2.49. The van der Waals surface area contributed by atoms with Gasteiger partial charge in [0.05, 0.1) is 18.2 Å². The standard InChI is InChI=1S/C15H11IO4S/c1-20-15(19)10-4-7-13(12(16)8-10)21-11-5-2-9(3-6-11)14(17)18/h2-8H,1H3,(H,17,18). The van der Waals surface area contributed by atoms with E-state index in [9.17, 15) is 9.59 Å². The maximum atomic E-state index is 11.4. The first-order valence-electron chi connectivity index (χ1n) is 5.90. The summed E-state index contributed by atoms with van der Waals surface area (Å²) in [5, 5.41) is 8.86. The van der Waals surface area contributed by atoms with Crippen LogP contribution in [0.3, 0.4) is 0 Å². The number of carbonyl (C=O) groups is 2. The Morgan fingerprint density at radius 3 is 2.24 bits per heavy atom. The smallest absolute Gasteiger partial charge is 0.337 e. The molecule has 1 N–H and O–H groups in total. The Kier molecular flexibility index (Phi) is 5.24. The summed E-state index contributed by atoms with van der Waals surface area (Å²) in [5.74, 6) is -1.31. The van der Waals surface area contributed by atoms with Crippen LogP contribution in [0.4, 0.5) is 0 Å². The van der Waals surface area contributed by atoms with E-state index in [0.717, 1.165) is 13.4 Å². The summed E-state index contributed by atoms with van der Waals surface area (Å²) in [6, 6.07) is 12.0. The summed E-state index contributed by atoms with van der Waals surface area (Å²) in [7, 11) is 1.35. The number of methoxy groups -OCH3 is 1. The number of hydrogen-bond donors (Lipinski definition) is 1. The molecule has 108 valence electrons. The van der Waals surface area contributed by atoms with Crippen LogP contribution < -0.4 is 0 Å². The number of carbonyl (C=O) groups excluding carboxylic acids is 1. The van der Waals surface area contributed by atoms with E-state index in [-0.39, 0.29) is 11.5 Å². The van der Waals surface area contributed by atoms with Gasteiger partial charge in [0.2, 0.25) is 0 Å². The molecular formula is C15H11IO4S. The third kappa shape index (κ3) is 3.98. The minimum atomic E-state index is -0.941. The first-order chi connectivity index (χ1) is 10.0. The summed E-state index contributed by atoms with van der Waals surface area (Å²) in [4.78, 5) is 24.2. The highest BCUT2D eigenvalue weighted by Crippen LogP contribution is 2.32. The fourth-order valence-electron chi connectivity index (χ4n) is 1.62. The van der Waals surface area contributed by atoms with Crippen molar-refractivity contribution in [1.29, 1.82) is 0 Å². The molecule has 0 aliphatic carbocycles. The van der Waals surface area contributed by atoms with Crippen molar-refractivity contribution in [3.05, 3.63) is 57.2 Å². The highest BCUT2D eigenvalue weighted by Gasteiger charge is 2.10. The lowest BCUT2D eigenvalue weighted by Gasteiger charge is -2.07. The predicted molar refractivity (Wildman–Crippen MR) is 88.0 cm³/mol. The topological polar surface area (TPSA) is 63.6 Å². The molecule has 2 rings (SSSR count). The lowest BCUT2D eigenvalue weighted by molar-refractivity contribution is 0.0599. The van der Waals surface area contributed by atoms with Gasteiger partial charge in [-0.3, -0.25) is 0 Å². The molecule has 0 fully saturated rings. The second-order valence-electron chi connectivity index (χ2n) is 4.07. The van der Waals surface area contributed by atoms with Gasteiger partial charge in [0.15, 0.2) is 0 Å². The third-order valence-electron chi connectivity index (χ3n) is 2.68. The van der Waals surface area contributed by atoms with E-state index in [0.29, 0.717) is 5.56 Å². The Bertz CT molecular complexity index is 683. The van der Waals surface area contributed by atoms with Gasteiger partial charge in [0.25, 0.3) is 0 Å². The molecule has 0 atom stereocenters. The monoisotopic (exact) mass is 414 g/mol. The minimum Gasteiger partial charge on any atom is -0.478 e. The van der Waals surface area contributed by atoms with Crippen LogP contribution >= 0.6 is 34.4 Å². The van der Waals surface area contributed by atoms with E-state index in [2.05, 4.69) is 27.3 Å². The molecule has 2 aromatic rings. The number of ether oxygens (including phenoxy) is 1. The molecule has 6 heteroatoms. The molecule has 0 amide bonds. The van der Waals surface area contributed by atoms with E-state index < -0.39 is 5.97 Å². The van der Waals surface area contributed by atoms with Gasteiger partial charge in [-0.2, -0.15) is 0 Å². The summed E-state index contributed by atoms with van der Waals surface area (Å²) >= 11 is 3.67. The maximum Gasteiger partial charge on any atom is 0.337 e. The largest absolute Gasteiger partial charge is 0.478 e. The zero-order chi connectivity index (χ0) is 15.4. The van der Waals surface area contributed by atoms with Crippen LogP contribution in [-0.4, -0.2) is 24.2 Å². The zero-order valence-corrected chi connectivity index (χ0v) is 14.0. The van der Waals surface area contributed by atoms with E-state index in [1.165, 1.54) is 18.9 Å². The van der Waals surface area contributed by atoms with Crippen molar-refractivity contribution in [2.45, 2.75) is 9.79 Å². The van der Waals surface area contributed by atoms with Crippen molar-refractivity contribution < 1.29 is 19.4 Å². The van der Waals surface area contributed by atoms with Crippen molar-refractivity contribution in [3.63, 3.8) is 0 Å². The van der Waals surface area contributed by atoms with E-state index in [1.54, 1.807) is 36.4 Å². The molecule has 0 saturated carbocycles. The number of esters is 1. The summed E-state index contributed by atoms with van der Waals surface area (Å²) in [6.07, 6.45) is 0. The highest BCUT2D eigenvalue weighted by atomic mass is 127. The molecule has 21 heavy (non-hydrogen) atoms. The van der Waals surface area contributed by atoms with Crippen molar-refractivity contribution in [2.24, 2.45) is 0 Å². The van der Waals surface area contributed by atoms with Crippen molar-refractivity contribution >= 4 is 46.3 Å². The quantitative estimate of drug-likeness (QED) is 0.607. The predicted octanol–water partition coefficient (Wildman–Crippen LogP) is 3.93. The molecule has 0 saturated heterocycles. The van der Waals surface area contributed by atoms with Gasteiger partial charge in [-0.05, 0) is 65.1 Å². The summed E-state index contributed by atoms with van der Waals surface area (Å²) in [6.45, 7) is 0.